The zero-order valence-electron chi connectivity index (χ0n) is 26.3. The fraction of sp³-hybridized carbons (Fsp3) is 0.412. The number of fused-ring (bicyclic) bond motifs is 2. The highest BCUT2D eigenvalue weighted by Crippen LogP contribution is 2.50. The molecule has 2 aromatic carbocycles. The normalized spacial score (nSPS) is 21.6. The van der Waals surface area contributed by atoms with Crippen molar-refractivity contribution in [2.75, 3.05) is 19.7 Å². The minimum absolute atomic E-state index is 0.0179. The Morgan fingerprint density at radius 3 is 2.61 bits per heavy atom. The van der Waals surface area contributed by atoms with Crippen LogP contribution in [0.5, 0.6) is 11.5 Å². The van der Waals surface area contributed by atoms with Crippen LogP contribution in [0, 0.1) is 5.82 Å². The summed E-state index contributed by atoms with van der Waals surface area (Å²) in [6.07, 6.45) is 0.298. The van der Waals surface area contributed by atoms with Crippen LogP contribution in [0.2, 0.25) is 5.02 Å². The molecular formula is C34H31ClF4N6O4. The van der Waals surface area contributed by atoms with Crippen LogP contribution in [-0.4, -0.2) is 55.4 Å². The van der Waals surface area contributed by atoms with Gasteiger partial charge in [-0.05, 0) is 75.0 Å². The van der Waals surface area contributed by atoms with Crippen molar-refractivity contribution >= 4 is 22.8 Å². The number of piperidine rings is 1. The topological polar surface area (TPSA) is 101 Å². The Hall–Kier alpha value is -4.27. The van der Waals surface area contributed by atoms with Crippen LogP contribution in [0.25, 0.3) is 22.6 Å². The highest BCUT2D eigenvalue weighted by Gasteiger charge is 2.43. The molecule has 0 saturated carbocycles. The van der Waals surface area contributed by atoms with Gasteiger partial charge in [0.2, 0.25) is 5.82 Å². The largest absolute Gasteiger partial charge is 0.471 e. The maximum Gasteiger partial charge on any atom is 0.471 e. The van der Waals surface area contributed by atoms with E-state index in [9.17, 15) is 17.6 Å². The summed E-state index contributed by atoms with van der Waals surface area (Å²) in [4.78, 5) is 15.3. The Kier molecular flexibility index (Phi) is 7.99. The van der Waals surface area contributed by atoms with Gasteiger partial charge in [-0.25, -0.2) is 14.4 Å². The standard InChI is InChI=1S/C34H31ClF4N6O4/c1-33(24-8-7-21(35)15-25(24)36)47-27-6-2-5-23(29(27)48-33)19-9-11-44(12-10-19)18-28-41-26-14-20(30-42-32(49-43-30)34(37,38)39)16-40-31(26)45(28)17-22-4-3-13-46-22/h2,5-8,14-16,19,22H,3-4,9-13,17-18H2,1H3. The van der Waals surface area contributed by atoms with E-state index in [4.69, 9.17) is 30.8 Å². The van der Waals surface area contributed by atoms with Gasteiger partial charge in [-0.1, -0.05) is 28.9 Å². The molecule has 2 unspecified atom stereocenters. The van der Waals surface area contributed by atoms with Gasteiger partial charge in [0.1, 0.15) is 17.2 Å². The summed E-state index contributed by atoms with van der Waals surface area (Å²) in [6, 6.07) is 11.9. The second-order valence-electron chi connectivity index (χ2n) is 12.8. The summed E-state index contributed by atoms with van der Waals surface area (Å²) in [5.41, 5.74) is 2.70. The van der Waals surface area contributed by atoms with E-state index in [2.05, 4.69) is 24.5 Å². The minimum Gasteiger partial charge on any atom is -0.444 e. The lowest BCUT2D eigenvalue weighted by Crippen LogP contribution is -2.34. The molecular weight excluding hydrogens is 668 g/mol. The number of rotatable bonds is 7. The Morgan fingerprint density at radius 2 is 1.88 bits per heavy atom. The number of imidazole rings is 1. The molecule has 10 nitrogen and oxygen atoms in total. The van der Waals surface area contributed by atoms with Crippen LogP contribution in [0.4, 0.5) is 17.6 Å². The molecule has 0 bridgehead atoms. The number of para-hydroxylation sites is 1. The number of ether oxygens (including phenoxy) is 3. The molecule has 8 rings (SSSR count). The maximum atomic E-state index is 14.9. The van der Waals surface area contributed by atoms with Crippen LogP contribution >= 0.6 is 11.6 Å². The zero-order chi connectivity index (χ0) is 33.9. The van der Waals surface area contributed by atoms with E-state index in [0.29, 0.717) is 47.4 Å². The number of aromatic nitrogens is 5. The van der Waals surface area contributed by atoms with E-state index in [0.717, 1.165) is 50.2 Å². The minimum atomic E-state index is -4.75. The first-order chi connectivity index (χ1) is 23.5. The average Bonchev–Trinajstić information content (AvgIpc) is 3.88. The highest BCUT2D eigenvalue weighted by molar-refractivity contribution is 6.30. The van der Waals surface area contributed by atoms with Gasteiger partial charge in [-0.2, -0.15) is 18.2 Å². The van der Waals surface area contributed by atoms with Crippen LogP contribution in [0.1, 0.15) is 61.4 Å². The lowest BCUT2D eigenvalue weighted by atomic mass is 9.88. The molecule has 3 aromatic heterocycles. The van der Waals surface area contributed by atoms with E-state index < -0.39 is 23.7 Å². The second-order valence-corrected chi connectivity index (χ2v) is 13.2. The SMILES string of the molecule is CC1(c2ccc(Cl)cc2F)Oc2cccc(C3CCN(Cc4nc5cc(-c6noc(C(F)(F)F)n6)cnc5n4CC4CCCO4)CC3)c2O1. The average molecular weight is 699 g/mol. The van der Waals surface area contributed by atoms with Crippen LogP contribution < -0.4 is 9.47 Å². The lowest BCUT2D eigenvalue weighted by Gasteiger charge is -2.32. The zero-order valence-corrected chi connectivity index (χ0v) is 27.1. The van der Waals surface area contributed by atoms with Gasteiger partial charge in [0.25, 0.3) is 5.79 Å². The van der Waals surface area contributed by atoms with Crippen LogP contribution in [0.3, 0.4) is 0 Å². The van der Waals surface area contributed by atoms with Crippen molar-refractivity contribution in [2.45, 2.75) is 69.7 Å². The number of pyridine rings is 1. The predicted molar refractivity (Wildman–Crippen MR) is 169 cm³/mol. The molecule has 2 saturated heterocycles. The van der Waals surface area contributed by atoms with E-state index >= 15 is 0 Å². The molecule has 2 atom stereocenters. The molecule has 5 aromatic rings. The quantitative estimate of drug-likeness (QED) is 0.160. The lowest BCUT2D eigenvalue weighted by molar-refractivity contribution is -0.159. The molecule has 49 heavy (non-hydrogen) atoms. The van der Waals surface area contributed by atoms with Crippen LogP contribution in [0.15, 0.2) is 53.2 Å². The van der Waals surface area contributed by atoms with E-state index in [1.165, 1.54) is 12.3 Å². The summed E-state index contributed by atoms with van der Waals surface area (Å²) >= 11 is 5.98. The third-order valence-electron chi connectivity index (χ3n) is 9.42. The predicted octanol–water partition coefficient (Wildman–Crippen LogP) is 7.50. The van der Waals surface area contributed by atoms with Crippen molar-refractivity contribution < 1.29 is 36.3 Å². The first-order valence-electron chi connectivity index (χ1n) is 16.1. The van der Waals surface area contributed by atoms with Crippen LogP contribution in [-0.2, 0) is 29.8 Å². The van der Waals surface area contributed by atoms with Gasteiger partial charge in [0.15, 0.2) is 17.1 Å². The Balaban J connectivity index is 1.01. The fourth-order valence-electron chi connectivity index (χ4n) is 6.98. The summed E-state index contributed by atoms with van der Waals surface area (Å²) in [5, 5.41) is 3.80. The van der Waals surface area contributed by atoms with Crippen molar-refractivity contribution in [1.82, 2.24) is 29.6 Å². The van der Waals surface area contributed by atoms with Gasteiger partial charge >= 0.3 is 12.1 Å². The number of hydrogen-bond donors (Lipinski definition) is 0. The molecule has 256 valence electrons. The van der Waals surface area contributed by atoms with Crippen molar-refractivity contribution in [1.29, 1.82) is 0 Å². The van der Waals surface area contributed by atoms with Gasteiger partial charge in [-0.3, -0.25) is 4.90 Å². The van der Waals surface area contributed by atoms with Gasteiger partial charge in [0, 0.05) is 35.9 Å². The third-order valence-corrected chi connectivity index (χ3v) is 9.66. The molecule has 3 aliphatic heterocycles. The molecule has 2 fully saturated rings. The molecule has 6 heterocycles. The van der Waals surface area contributed by atoms with Gasteiger partial charge in [0.05, 0.1) is 24.8 Å². The fourth-order valence-corrected chi connectivity index (χ4v) is 7.14. The summed E-state index contributed by atoms with van der Waals surface area (Å²) in [7, 11) is 0. The Morgan fingerprint density at radius 1 is 1.04 bits per heavy atom. The monoisotopic (exact) mass is 698 g/mol. The molecule has 0 N–H and O–H groups in total. The second kappa shape index (κ2) is 12.3. The maximum absolute atomic E-state index is 14.9. The molecule has 0 amide bonds. The summed E-state index contributed by atoms with van der Waals surface area (Å²) in [6.45, 7) is 5.07. The summed E-state index contributed by atoms with van der Waals surface area (Å²) < 4.78 is 79.0. The number of nitrogens with zero attached hydrogens (tertiary/aromatic N) is 6. The van der Waals surface area contributed by atoms with Crippen molar-refractivity contribution in [3.05, 3.63) is 82.3 Å². The van der Waals surface area contributed by atoms with Crippen molar-refractivity contribution in [2.24, 2.45) is 0 Å². The number of likely N-dealkylation sites (tertiary alicyclic amines) is 1. The molecule has 0 aliphatic carbocycles. The van der Waals surface area contributed by atoms with Gasteiger partial charge < -0.3 is 23.3 Å². The number of halogens is 5. The molecule has 0 radical (unpaired) electrons. The van der Waals surface area contributed by atoms with E-state index in [1.807, 2.05) is 22.8 Å². The Labute approximate surface area is 282 Å². The first kappa shape index (κ1) is 32.0. The van der Waals surface area contributed by atoms with Gasteiger partial charge in [-0.15, -0.1) is 0 Å². The van der Waals surface area contributed by atoms with E-state index in [1.54, 1.807) is 25.1 Å². The smallest absolute Gasteiger partial charge is 0.444 e. The summed E-state index contributed by atoms with van der Waals surface area (Å²) in [5.74, 6) is -1.27. The number of benzene rings is 2. The van der Waals surface area contributed by atoms with E-state index in [-0.39, 0.29) is 29.0 Å². The number of hydrogen-bond acceptors (Lipinski definition) is 9. The van der Waals surface area contributed by atoms with Crippen molar-refractivity contribution in [3.8, 4) is 22.9 Å². The third kappa shape index (κ3) is 6.10. The van der Waals surface area contributed by atoms with Crippen molar-refractivity contribution in [3.63, 3.8) is 0 Å². The Bertz CT molecular complexity index is 2020. The molecule has 0 spiro atoms. The molecule has 3 aliphatic rings. The highest BCUT2D eigenvalue weighted by atomic mass is 35.5. The first-order valence-corrected chi connectivity index (χ1v) is 16.5. The number of alkyl halides is 3. The molecule has 15 heteroatoms.